The van der Waals surface area contributed by atoms with E-state index in [0.29, 0.717) is 50.2 Å². The molecule has 200 valence electrons. The summed E-state index contributed by atoms with van der Waals surface area (Å²) in [5, 5.41) is 7.46. The van der Waals surface area contributed by atoms with Crippen molar-refractivity contribution in [1.29, 1.82) is 0 Å². The summed E-state index contributed by atoms with van der Waals surface area (Å²) in [6.45, 7) is 6.02. The van der Waals surface area contributed by atoms with E-state index in [1.165, 1.54) is 12.1 Å². The highest BCUT2D eigenvalue weighted by atomic mass is 19.1. The molecule has 1 saturated heterocycles. The van der Waals surface area contributed by atoms with E-state index in [0.717, 1.165) is 23.2 Å². The number of ether oxygens (including phenoxy) is 2. The number of likely N-dealkylation sites (N-methyl/N-ethyl adjacent to an activating group) is 1. The van der Waals surface area contributed by atoms with Crippen LogP contribution in [0.5, 0.6) is 0 Å². The van der Waals surface area contributed by atoms with Crippen LogP contribution in [-0.2, 0) is 16.0 Å². The Kier molecular flexibility index (Phi) is 8.23. The van der Waals surface area contributed by atoms with E-state index in [1.807, 2.05) is 36.1 Å². The van der Waals surface area contributed by atoms with E-state index in [2.05, 4.69) is 26.7 Å². The van der Waals surface area contributed by atoms with Gasteiger partial charge in [-0.3, -0.25) is 4.90 Å². The molecule has 1 aliphatic heterocycles. The fourth-order valence-electron chi connectivity index (χ4n) is 4.60. The van der Waals surface area contributed by atoms with Crippen LogP contribution in [0.3, 0.4) is 0 Å². The fourth-order valence-corrected chi connectivity index (χ4v) is 4.60. The van der Waals surface area contributed by atoms with E-state index in [-0.39, 0.29) is 18.2 Å². The zero-order valence-electron chi connectivity index (χ0n) is 21.6. The number of anilines is 2. The maximum Gasteiger partial charge on any atom is 0.229 e. The second kappa shape index (κ2) is 12.0. The average Bonchev–Trinajstić information content (AvgIpc) is 3.36. The smallest absolute Gasteiger partial charge is 0.229 e. The van der Waals surface area contributed by atoms with Crippen molar-refractivity contribution in [3.63, 3.8) is 0 Å². The van der Waals surface area contributed by atoms with Gasteiger partial charge in [0.15, 0.2) is 0 Å². The Balaban J connectivity index is 1.39. The number of nitrogens with one attached hydrogen (secondary N) is 2. The van der Waals surface area contributed by atoms with Crippen molar-refractivity contribution in [2.24, 2.45) is 0 Å². The van der Waals surface area contributed by atoms with E-state index in [1.54, 1.807) is 24.1 Å². The maximum absolute atomic E-state index is 15.1. The number of morpholine rings is 1. The first kappa shape index (κ1) is 26.2. The van der Waals surface area contributed by atoms with Crippen LogP contribution < -0.4 is 10.6 Å². The van der Waals surface area contributed by atoms with Crippen LogP contribution in [0.1, 0.15) is 24.1 Å². The van der Waals surface area contributed by atoms with E-state index in [9.17, 15) is 0 Å². The quantitative estimate of drug-likeness (QED) is 0.316. The molecule has 2 aromatic heterocycles. The Labute approximate surface area is 220 Å². The number of fused-ring (bicyclic) bond motifs is 1. The van der Waals surface area contributed by atoms with Gasteiger partial charge in [0.2, 0.25) is 5.95 Å². The summed E-state index contributed by atoms with van der Waals surface area (Å²) in [6.07, 6.45) is 3.43. The van der Waals surface area contributed by atoms with Crippen molar-refractivity contribution in [2.75, 3.05) is 51.9 Å². The van der Waals surface area contributed by atoms with Crippen LogP contribution in [0, 0.1) is 11.6 Å². The molecule has 1 atom stereocenters. The number of aromatic nitrogens is 3. The molecule has 1 aliphatic rings. The summed E-state index contributed by atoms with van der Waals surface area (Å²) in [6, 6.07) is 12.6. The topological polar surface area (TPSA) is 76.5 Å². The minimum atomic E-state index is -0.595. The summed E-state index contributed by atoms with van der Waals surface area (Å²) < 4.78 is 42.6. The fraction of sp³-hybridized carbons (Fsp3) is 0.357. The van der Waals surface area contributed by atoms with Gasteiger partial charge in [0, 0.05) is 55.8 Å². The summed E-state index contributed by atoms with van der Waals surface area (Å²) in [4.78, 5) is 11.0. The van der Waals surface area contributed by atoms with Gasteiger partial charge in [0.25, 0.3) is 0 Å². The molecule has 0 radical (unpaired) electrons. The lowest BCUT2D eigenvalue weighted by Crippen LogP contribution is -2.34. The monoisotopic (exact) mass is 522 g/mol. The van der Waals surface area contributed by atoms with Gasteiger partial charge in [-0.05, 0) is 42.4 Å². The van der Waals surface area contributed by atoms with Gasteiger partial charge in [-0.25, -0.2) is 13.8 Å². The predicted octanol–water partition coefficient (Wildman–Crippen LogP) is 4.57. The molecule has 0 unspecified atom stereocenters. The highest BCUT2D eigenvalue weighted by molar-refractivity contribution is 5.78. The van der Waals surface area contributed by atoms with E-state index in [4.69, 9.17) is 9.47 Å². The van der Waals surface area contributed by atoms with Crippen molar-refractivity contribution in [1.82, 2.24) is 24.8 Å². The Morgan fingerprint density at radius 1 is 1.21 bits per heavy atom. The Hall–Kier alpha value is -3.44. The molecular formula is C28H32F2N6O2. The molecule has 1 fully saturated rings. The van der Waals surface area contributed by atoms with Crippen molar-refractivity contribution >= 4 is 22.7 Å². The third-order valence-corrected chi connectivity index (χ3v) is 6.74. The first-order valence-electron chi connectivity index (χ1n) is 12.8. The van der Waals surface area contributed by atoms with Crippen LogP contribution in [0.25, 0.3) is 16.7 Å². The van der Waals surface area contributed by atoms with Gasteiger partial charge in [-0.1, -0.05) is 19.1 Å². The second-order valence-electron chi connectivity index (χ2n) is 9.24. The normalized spacial score (nSPS) is 15.9. The first-order valence-corrected chi connectivity index (χ1v) is 12.8. The molecule has 0 bridgehead atoms. The van der Waals surface area contributed by atoms with Crippen molar-refractivity contribution in [3.8, 4) is 5.69 Å². The minimum absolute atomic E-state index is 0.0397. The van der Waals surface area contributed by atoms with Gasteiger partial charge in [0.1, 0.15) is 17.3 Å². The van der Waals surface area contributed by atoms with Gasteiger partial charge < -0.3 is 24.7 Å². The third kappa shape index (κ3) is 5.83. The van der Waals surface area contributed by atoms with E-state index < -0.39 is 11.6 Å². The number of hydrogen-bond donors (Lipinski definition) is 2. The predicted molar refractivity (Wildman–Crippen MR) is 143 cm³/mol. The van der Waals surface area contributed by atoms with Crippen LogP contribution >= 0.6 is 0 Å². The van der Waals surface area contributed by atoms with Gasteiger partial charge in [-0.15, -0.1) is 0 Å². The average molecular weight is 523 g/mol. The number of methoxy groups -OCH3 is 1. The lowest BCUT2D eigenvalue weighted by atomic mass is 10.1. The summed E-state index contributed by atoms with van der Waals surface area (Å²) in [7, 11) is 1.61. The summed E-state index contributed by atoms with van der Waals surface area (Å²) in [5.41, 5.74) is 2.88. The zero-order chi connectivity index (χ0) is 26.5. The van der Waals surface area contributed by atoms with Gasteiger partial charge in [-0.2, -0.15) is 4.98 Å². The van der Waals surface area contributed by atoms with Crippen molar-refractivity contribution in [2.45, 2.75) is 19.5 Å². The molecule has 5 rings (SSSR count). The summed E-state index contributed by atoms with van der Waals surface area (Å²) >= 11 is 0. The molecule has 0 amide bonds. The van der Waals surface area contributed by atoms with Crippen LogP contribution in [0.15, 0.2) is 54.9 Å². The molecule has 0 saturated carbocycles. The third-order valence-electron chi connectivity index (χ3n) is 6.74. The maximum atomic E-state index is 15.1. The molecule has 4 aromatic rings. The van der Waals surface area contributed by atoms with Crippen molar-refractivity contribution in [3.05, 3.63) is 77.6 Å². The number of benzene rings is 2. The highest BCUT2D eigenvalue weighted by Crippen LogP contribution is 2.26. The number of halogens is 2. The van der Waals surface area contributed by atoms with Crippen molar-refractivity contribution < 1.29 is 18.3 Å². The largest absolute Gasteiger partial charge is 0.383 e. The van der Waals surface area contributed by atoms with Crippen LogP contribution in [0.4, 0.5) is 20.4 Å². The lowest BCUT2D eigenvalue weighted by molar-refractivity contribution is 0.0769. The number of nitrogens with zero attached hydrogens (tertiary/aromatic N) is 4. The van der Waals surface area contributed by atoms with Crippen LogP contribution in [-0.4, -0.2) is 66.0 Å². The molecular weight excluding hydrogens is 490 g/mol. The summed E-state index contributed by atoms with van der Waals surface area (Å²) in [5.74, 6) is -0.804. The molecule has 38 heavy (non-hydrogen) atoms. The second-order valence-corrected chi connectivity index (χ2v) is 9.24. The SMILES string of the molecule is CCN(CCOC)Cc1c(F)cc(-n2ccc3cnc(Nc4cccc([C@H]5COCCN5)c4)nc32)cc1F. The van der Waals surface area contributed by atoms with Gasteiger partial charge in [0.05, 0.1) is 31.5 Å². The molecule has 2 aromatic carbocycles. The number of hydrogen-bond acceptors (Lipinski definition) is 7. The molecule has 8 nitrogen and oxygen atoms in total. The Morgan fingerprint density at radius 2 is 2.05 bits per heavy atom. The zero-order valence-corrected chi connectivity index (χ0v) is 21.6. The minimum Gasteiger partial charge on any atom is -0.383 e. The van der Waals surface area contributed by atoms with Crippen LogP contribution in [0.2, 0.25) is 0 Å². The van der Waals surface area contributed by atoms with Gasteiger partial charge >= 0.3 is 0 Å². The molecule has 10 heteroatoms. The Morgan fingerprint density at radius 3 is 2.79 bits per heavy atom. The molecule has 0 spiro atoms. The number of rotatable bonds is 10. The lowest BCUT2D eigenvalue weighted by Gasteiger charge is -2.24. The van der Waals surface area contributed by atoms with E-state index >= 15 is 8.78 Å². The highest BCUT2D eigenvalue weighted by Gasteiger charge is 2.18. The molecule has 2 N–H and O–H groups in total. The Bertz CT molecular complexity index is 1370. The standard InChI is InChI=1S/C28H32F2N6O2/c1-3-35(10-12-37-2)17-23-24(29)14-22(15-25(23)30)36-9-7-20-16-32-28(34-27(20)36)33-21-6-4-5-19(13-21)26-18-38-11-8-31-26/h4-7,9,13-16,26,31H,3,8,10-12,17-18H2,1-2H3,(H,32,33,34)/t26-/m1/s1. The molecule has 0 aliphatic carbocycles. The molecule has 3 heterocycles. The first-order chi connectivity index (χ1) is 18.6.